The molecule has 7 nitrogen and oxygen atoms in total. The second kappa shape index (κ2) is 8.77. The lowest BCUT2D eigenvalue weighted by molar-refractivity contribution is 0.251. The molecule has 2 N–H and O–H groups in total. The van der Waals surface area contributed by atoms with Gasteiger partial charge in [-0.05, 0) is 43.2 Å². The lowest BCUT2D eigenvalue weighted by atomic mass is 10.1. The number of anilines is 1. The number of imidazole rings is 1. The van der Waals surface area contributed by atoms with Gasteiger partial charge in [0, 0.05) is 27.9 Å². The number of benzene rings is 1. The summed E-state index contributed by atoms with van der Waals surface area (Å²) in [5, 5.41) is 9.55. The Morgan fingerprint density at radius 3 is 2.96 bits per heavy atom. The van der Waals surface area contributed by atoms with Gasteiger partial charge >= 0.3 is 6.03 Å². The van der Waals surface area contributed by atoms with Gasteiger partial charge in [-0.25, -0.2) is 19.4 Å². The molecule has 2 aromatic heterocycles. The third kappa shape index (κ3) is 4.50. The highest BCUT2D eigenvalue weighted by atomic mass is 16.2. The van der Waals surface area contributed by atoms with Gasteiger partial charge in [0.15, 0.2) is 5.82 Å². The minimum atomic E-state index is -0.303. The highest BCUT2D eigenvalue weighted by Crippen LogP contribution is 2.21. The van der Waals surface area contributed by atoms with Crippen LogP contribution in [-0.4, -0.2) is 27.4 Å². The quantitative estimate of drug-likeness (QED) is 0.617. The number of pyridine rings is 1. The van der Waals surface area contributed by atoms with Gasteiger partial charge < -0.3 is 5.32 Å². The van der Waals surface area contributed by atoms with Crippen molar-refractivity contribution >= 4 is 24.6 Å². The van der Waals surface area contributed by atoms with Crippen molar-refractivity contribution < 1.29 is 7.65 Å². The molecule has 146 valence electrons. The minimum Gasteiger partial charge on any atom is -0.334 e. The first-order valence-electron chi connectivity index (χ1n) is 8.85. The SMILES string of the molecule is C=Nn1cc(-c2cccc(CNC(=O)Nc3ncccc3C)c2)nc1/C=C\C.[HH].[HH]. The number of carbonyl (C=O) groups is 1. The van der Waals surface area contributed by atoms with Gasteiger partial charge in [-0.1, -0.05) is 30.3 Å². The maximum atomic E-state index is 12.1. The molecule has 0 saturated heterocycles. The zero-order valence-electron chi connectivity index (χ0n) is 15.9. The van der Waals surface area contributed by atoms with Crippen LogP contribution in [0.2, 0.25) is 0 Å². The first kappa shape index (κ1) is 19.0. The maximum Gasteiger partial charge on any atom is 0.320 e. The van der Waals surface area contributed by atoms with Crippen LogP contribution < -0.4 is 10.6 Å². The average Bonchev–Trinajstić information content (AvgIpc) is 3.12. The number of hydrogen-bond donors (Lipinski definition) is 2. The number of amides is 2. The fraction of sp³-hybridized carbons (Fsp3) is 0.143. The Morgan fingerprint density at radius 1 is 1.36 bits per heavy atom. The smallest absolute Gasteiger partial charge is 0.320 e. The van der Waals surface area contributed by atoms with Gasteiger partial charge in [-0.15, -0.1) is 0 Å². The van der Waals surface area contributed by atoms with E-state index in [-0.39, 0.29) is 8.88 Å². The summed E-state index contributed by atoms with van der Waals surface area (Å²) < 4.78 is 1.63. The summed E-state index contributed by atoms with van der Waals surface area (Å²) in [5.41, 5.74) is 3.59. The summed E-state index contributed by atoms with van der Waals surface area (Å²) in [5.74, 6) is 1.26. The summed E-state index contributed by atoms with van der Waals surface area (Å²) >= 11 is 0. The summed E-state index contributed by atoms with van der Waals surface area (Å²) in [4.78, 5) is 20.9. The molecule has 2 heterocycles. The van der Waals surface area contributed by atoms with Gasteiger partial charge in [0.1, 0.15) is 5.82 Å². The van der Waals surface area contributed by atoms with Crippen LogP contribution in [0.25, 0.3) is 17.3 Å². The molecule has 0 aliphatic carbocycles. The van der Waals surface area contributed by atoms with E-state index in [1.54, 1.807) is 10.9 Å². The molecule has 0 unspecified atom stereocenters. The Kier molecular flexibility index (Phi) is 5.96. The van der Waals surface area contributed by atoms with Gasteiger partial charge in [-0.3, -0.25) is 5.32 Å². The van der Waals surface area contributed by atoms with Crippen LogP contribution in [0.1, 0.15) is 26.7 Å². The van der Waals surface area contributed by atoms with Crippen molar-refractivity contribution in [3.63, 3.8) is 0 Å². The Hall–Kier alpha value is -3.74. The standard InChI is InChI=1S/C21H22N6O.2H2/c1-4-7-19-25-18(14-27(19)22-3)17-10-5-9-16(12-17)13-24-21(28)26-20-15(2)8-6-11-23-20;;/h4-12,14H,3,13H2,1-2H3,(H2,23,24,26,28);2*1H/b7-4-;;. The van der Waals surface area contributed by atoms with E-state index < -0.39 is 0 Å². The van der Waals surface area contributed by atoms with Crippen molar-refractivity contribution in [2.24, 2.45) is 5.10 Å². The normalized spacial score (nSPS) is 10.8. The molecular weight excluding hydrogens is 352 g/mol. The van der Waals surface area contributed by atoms with Crippen molar-refractivity contribution in [3.05, 3.63) is 71.8 Å². The topological polar surface area (TPSA) is 84.2 Å². The molecule has 0 saturated carbocycles. The fourth-order valence-corrected chi connectivity index (χ4v) is 2.69. The molecule has 3 rings (SSSR count). The third-order valence-electron chi connectivity index (χ3n) is 4.10. The number of aromatic nitrogens is 3. The van der Waals surface area contributed by atoms with Crippen LogP contribution in [0.3, 0.4) is 0 Å². The zero-order chi connectivity index (χ0) is 19.9. The van der Waals surface area contributed by atoms with Gasteiger partial charge in [0.25, 0.3) is 0 Å². The van der Waals surface area contributed by atoms with E-state index in [9.17, 15) is 4.79 Å². The number of rotatable bonds is 6. The molecule has 0 bridgehead atoms. The second-order valence-corrected chi connectivity index (χ2v) is 6.15. The monoisotopic (exact) mass is 378 g/mol. The maximum absolute atomic E-state index is 12.1. The summed E-state index contributed by atoms with van der Waals surface area (Å²) in [6.07, 6.45) is 7.24. The first-order chi connectivity index (χ1) is 13.6. The Balaban J connectivity index is 0.00000225. The number of nitrogens with zero attached hydrogens (tertiary/aromatic N) is 4. The van der Waals surface area contributed by atoms with E-state index in [1.807, 2.05) is 68.6 Å². The molecule has 2 amide bonds. The Labute approximate surface area is 166 Å². The molecule has 1 aromatic carbocycles. The zero-order valence-corrected chi connectivity index (χ0v) is 15.9. The molecule has 0 aliphatic rings. The molecular formula is C21H26N6O. The van der Waals surface area contributed by atoms with E-state index in [4.69, 9.17) is 0 Å². The van der Waals surface area contributed by atoms with Gasteiger partial charge in [-0.2, -0.15) is 5.10 Å². The fourth-order valence-electron chi connectivity index (χ4n) is 2.69. The largest absolute Gasteiger partial charge is 0.334 e. The van der Waals surface area contributed by atoms with Crippen molar-refractivity contribution in [2.45, 2.75) is 20.4 Å². The van der Waals surface area contributed by atoms with Crippen LogP contribution >= 0.6 is 0 Å². The van der Waals surface area contributed by atoms with E-state index in [2.05, 4.69) is 32.4 Å². The lowest BCUT2D eigenvalue weighted by Gasteiger charge is -2.09. The van der Waals surface area contributed by atoms with E-state index in [0.717, 1.165) is 22.4 Å². The number of urea groups is 1. The van der Waals surface area contributed by atoms with Crippen molar-refractivity contribution in [2.75, 3.05) is 5.32 Å². The van der Waals surface area contributed by atoms with Crippen molar-refractivity contribution in [1.29, 1.82) is 0 Å². The molecule has 7 heteroatoms. The molecule has 28 heavy (non-hydrogen) atoms. The number of hydrogen-bond acceptors (Lipinski definition) is 4. The second-order valence-electron chi connectivity index (χ2n) is 6.15. The average molecular weight is 378 g/mol. The number of allylic oxidation sites excluding steroid dienone is 1. The van der Waals surface area contributed by atoms with E-state index in [1.165, 1.54) is 0 Å². The molecule has 3 aromatic rings. The first-order valence-corrected chi connectivity index (χ1v) is 8.85. The molecule has 0 aliphatic heterocycles. The summed E-state index contributed by atoms with van der Waals surface area (Å²) in [7, 11) is 0. The molecule has 0 radical (unpaired) electrons. The number of carbonyl (C=O) groups excluding carboxylic acids is 1. The third-order valence-corrected chi connectivity index (χ3v) is 4.10. The Morgan fingerprint density at radius 2 is 2.21 bits per heavy atom. The minimum absolute atomic E-state index is 0. The van der Waals surface area contributed by atoms with Crippen LogP contribution in [0.15, 0.2) is 60.0 Å². The summed E-state index contributed by atoms with van der Waals surface area (Å²) in [6.45, 7) is 7.77. The van der Waals surface area contributed by atoms with Gasteiger partial charge in [0.05, 0.1) is 11.9 Å². The molecule has 0 fully saturated rings. The summed E-state index contributed by atoms with van der Waals surface area (Å²) in [6, 6.07) is 11.3. The van der Waals surface area contributed by atoms with Crippen LogP contribution in [0.4, 0.5) is 10.6 Å². The predicted octanol–water partition coefficient (Wildman–Crippen LogP) is 4.56. The highest BCUT2D eigenvalue weighted by Gasteiger charge is 2.09. The Bertz CT molecular complexity index is 1030. The van der Waals surface area contributed by atoms with Crippen molar-refractivity contribution in [3.8, 4) is 11.3 Å². The van der Waals surface area contributed by atoms with E-state index >= 15 is 0 Å². The number of aryl methyl sites for hydroxylation is 1. The van der Waals surface area contributed by atoms with Crippen LogP contribution in [0, 0.1) is 6.92 Å². The van der Waals surface area contributed by atoms with Gasteiger partial charge in [0.2, 0.25) is 0 Å². The highest BCUT2D eigenvalue weighted by molar-refractivity contribution is 5.88. The van der Waals surface area contributed by atoms with Crippen LogP contribution in [0.5, 0.6) is 0 Å². The van der Waals surface area contributed by atoms with E-state index in [0.29, 0.717) is 18.2 Å². The predicted molar refractivity (Wildman–Crippen MR) is 116 cm³/mol. The molecule has 0 atom stereocenters. The molecule has 0 spiro atoms. The van der Waals surface area contributed by atoms with Crippen molar-refractivity contribution in [1.82, 2.24) is 20.0 Å². The lowest BCUT2D eigenvalue weighted by Crippen LogP contribution is -2.28. The number of nitrogens with one attached hydrogen (secondary N) is 2. The van der Waals surface area contributed by atoms with Crippen LogP contribution in [-0.2, 0) is 6.54 Å².